The lowest BCUT2D eigenvalue weighted by atomic mass is 10.2. The number of rotatable bonds is 11. The molecule has 22 heavy (non-hydrogen) atoms. The lowest BCUT2D eigenvalue weighted by Crippen LogP contribution is -2.11. The van der Waals surface area contributed by atoms with E-state index in [4.69, 9.17) is 0 Å². The zero-order valence-electron chi connectivity index (χ0n) is 13.5. The summed E-state index contributed by atoms with van der Waals surface area (Å²) in [6, 6.07) is 1.12. The standard InChI is InChI=1S/C16H26N4S2/c1-3-5-15(19-9-7-17-13-19)11-21-22-12-16(6-4-2)20-10-8-18-14-20/h7-10,13-16H,3-6,11-12H2,1-2H3. The predicted molar refractivity (Wildman–Crippen MR) is 97.3 cm³/mol. The molecule has 6 heteroatoms. The monoisotopic (exact) mass is 338 g/mol. The first-order chi connectivity index (χ1) is 10.8. The SMILES string of the molecule is CCCC(CSSCC(CCC)n1ccnc1)n1ccnc1. The van der Waals surface area contributed by atoms with Crippen LogP contribution in [0.15, 0.2) is 37.4 Å². The number of hydrogen-bond acceptors (Lipinski definition) is 4. The quantitative estimate of drug-likeness (QED) is 0.434. The molecule has 0 saturated carbocycles. The molecular formula is C16H26N4S2. The van der Waals surface area contributed by atoms with E-state index in [1.54, 1.807) is 0 Å². The lowest BCUT2D eigenvalue weighted by Gasteiger charge is -2.19. The zero-order chi connectivity index (χ0) is 15.6. The largest absolute Gasteiger partial charge is 0.334 e. The van der Waals surface area contributed by atoms with Crippen LogP contribution in [-0.4, -0.2) is 30.6 Å². The second kappa shape index (κ2) is 10.0. The highest BCUT2D eigenvalue weighted by molar-refractivity contribution is 8.76. The first-order valence-electron chi connectivity index (χ1n) is 8.04. The smallest absolute Gasteiger partial charge is 0.0948 e. The highest BCUT2D eigenvalue weighted by Crippen LogP contribution is 2.32. The van der Waals surface area contributed by atoms with Crippen LogP contribution < -0.4 is 0 Å². The second-order valence-electron chi connectivity index (χ2n) is 5.47. The molecule has 2 unspecified atom stereocenters. The Kier molecular flexibility index (Phi) is 7.94. The van der Waals surface area contributed by atoms with Crippen molar-refractivity contribution in [1.82, 2.24) is 19.1 Å². The molecule has 0 N–H and O–H groups in total. The van der Waals surface area contributed by atoms with E-state index in [1.165, 1.54) is 25.7 Å². The first-order valence-corrected chi connectivity index (χ1v) is 10.5. The highest BCUT2D eigenvalue weighted by atomic mass is 33.1. The average molecular weight is 339 g/mol. The van der Waals surface area contributed by atoms with Gasteiger partial charge in [-0.1, -0.05) is 48.3 Å². The summed E-state index contributed by atoms with van der Waals surface area (Å²) in [6.07, 6.45) is 16.6. The molecule has 0 spiro atoms. The van der Waals surface area contributed by atoms with Crippen LogP contribution in [-0.2, 0) is 0 Å². The molecule has 2 rings (SSSR count). The molecule has 0 radical (unpaired) electrons. The van der Waals surface area contributed by atoms with Crippen molar-refractivity contribution in [2.75, 3.05) is 11.5 Å². The van der Waals surface area contributed by atoms with E-state index >= 15 is 0 Å². The molecule has 2 aromatic heterocycles. The van der Waals surface area contributed by atoms with E-state index in [0.717, 1.165) is 11.5 Å². The fourth-order valence-corrected chi connectivity index (χ4v) is 5.23. The Morgan fingerprint density at radius 1 is 0.818 bits per heavy atom. The molecule has 0 saturated heterocycles. The van der Waals surface area contributed by atoms with Gasteiger partial charge in [-0.15, -0.1) is 0 Å². The molecule has 0 amide bonds. The molecule has 0 aliphatic rings. The van der Waals surface area contributed by atoms with Crippen molar-refractivity contribution in [2.45, 2.75) is 51.6 Å². The van der Waals surface area contributed by atoms with Crippen molar-refractivity contribution in [2.24, 2.45) is 0 Å². The van der Waals surface area contributed by atoms with Crippen molar-refractivity contribution in [3.63, 3.8) is 0 Å². The molecule has 0 aliphatic carbocycles. The maximum absolute atomic E-state index is 4.18. The van der Waals surface area contributed by atoms with Crippen LogP contribution >= 0.6 is 21.6 Å². The summed E-state index contributed by atoms with van der Waals surface area (Å²) in [5.74, 6) is 2.27. The van der Waals surface area contributed by atoms with Crippen molar-refractivity contribution in [3.8, 4) is 0 Å². The summed E-state index contributed by atoms with van der Waals surface area (Å²) >= 11 is 0. The van der Waals surface area contributed by atoms with E-state index in [2.05, 4.69) is 45.3 Å². The lowest BCUT2D eigenvalue weighted by molar-refractivity contribution is 0.507. The van der Waals surface area contributed by atoms with Gasteiger partial charge < -0.3 is 9.13 Å². The topological polar surface area (TPSA) is 35.6 Å². The van der Waals surface area contributed by atoms with Crippen LogP contribution in [0, 0.1) is 0 Å². The molecule has 4 nitrogen and oxygen atoms in total. The van der Waals surface area contributed by atoms with E-state index in [-0.39, 0.29) is 0 Å². The normalized spacial score (nSPS) is 14.1. The van der Waals surface area contributed by atoms with Gasteiger partial charge in [0.1, 0.15) is 0 Å². The van der Waals surface area contributed by atoms with E-state index in [1.807, 2.05) is 46.6 Å². The van der Waals surface area contributed by atoms with Gasteiger partial charge in [-0.25, -0.2) is 9.97 Å². The Bertz CT molecular complexity index is 438. The van der Waals surface area contributed by atoms with Crippen molar-refractivity contribution < 1.29 is 0 Å². The van der Waals surface area contributed by atoms with Gasteiger partial charge in [-0.3, -0.25) is 0 Å². The summed E-state index contributed by atoms with van der Waals surface area (Å²) in [7, 11) is 3.97. The van der Waals surface area contributed by atoms with Crippen molar-refractivity contribution in [3.05, 3.63) is 37.4 Å². The molecule has 0 aromatic carbocycles. The predicted octanol–water partition coefficient (Wildman–Crippen LogP) is 4.84. The third-order valence-electron chi connectivity index (χ3n) is 3.74. The maximum Gasteiger partial charge on any atom is 0.0948 e. The van der Waals surface area contributed by atoms with E-state index in [0.29, 0.717) is 12.1 Å². The minimum absolute atomic E-state index is 0.558. The number of nitrogens with zero attached hydrogens (tertiary/aromatic N) is 4. The summed E-state index contributed by atoms with van der Waals surface area (Å²) in [5.41, 5.74) is 0. The van der Waals surface area contributed by atoms with Crippen LogP contribution in [0.1, 0.15) is 51.6 Å². The molecule has 0 fully saturated rings. The molecule has 2 aromatic rings. The minimum atomic E-state index is 0.558. The van der Waals surface area contributed by atoms with Crippen molar-refractivity contribution in [1.29, 1.82) is 0 Å². The molecule has 122 valence electrons. The number of imidazole rings is 2. The van der Waals surface area contributed by atoms with Gasteiger partial charge in [0.05, 0.1) is 12.7 Å². The summed E-state index contributed by atoms with van der Waals surface area (Å²) in [5, 5.41) is 0. The third kappa shape index (κ3) is 5.39. The fourth-order valence-electron chi connectivity index (χ4n) is 2.53. The van der Waals surface area contributed by atoms with Crippen LogP contribution in [0.3, 0.4) is 0 Å². The van der Waals surface area contributed by atoms with Gasteiger partial charge in [0.25, 0.3) is 0 Å². The van der Waals surface area contributed by atoms with Gasteiger partial charge in [-0.2, -0.15) is 0 Å². The molecular weight excluding hydrogens is 312 g/mol. The Balaban J connectivity index is 1.76. The van der Waals surface area contributed by atoms with E-state index in [9.17, 15) is 0 Å². The molecule has 0 aliphatic heterocycles. The van der Waals surface area contributed by atoms with Crippen LogP contribution in [0.4, 0.5) is 0 Å². The van der Waals surface area contributed by atoms with Crippen LogP contribution in [0.5, 0.6) is 0 Å². The maximum atomic E-state index is 4.18. The van der Waals surface area contributed by atoms with E-state index < -0.39 is 0 Å². The van der Waals surface area contributed by atoms with Crippen LogP contribution in [0.2, 0.25) is 0 Å². The van der Waals surface area contributed by atoms with Crippen LogP contribution in [0.25, 0.3) is 0 Å². The summed E-state index contributed by atoms with van der Waals surface area (Å²) in [6.45, 7) is 4.50. The van der Waals surface area contributed by atoms with Gasteiger partial charge in [0.2, 0.25) is 0 Å². The third-order valence-corrected chi connectivity index (χ3v) is 6.27. The highest BCUT2D eigenvalue weighted by Gasteiger charge is 2.12. The molecule has 2 atom stereocenters. The second-order valence-corrected chi connectivity index (χ2v) is 8.03. The first kappa shape index (κ1) is 17.5. The Labute approximate surface area is 141 Å². The molecule has 2 heterocycles. The minimum Gasteiger partial charge on any atom is -0.334 e. The Hall–Kier alpha value is -0.880. The Morgan fingerprint density at radius 3 is 1.59 bits per heavy atom. The van der Waals surface area contributed by atoms with Gasteiger partial charge in [0, 0.05) is 48.4 Å². The van der Waals surface area contributed by atoms with Gasteiger partial charge in [0.15, 0.2) is 0 Å². The fraction of sp³-hybridized carbons (Fsp3) is 0.625. The van der Waals surface area contributed by atoms with Gasteiger partial charge in [-0.05, 0) is 12.8 Å². The average Bonchev–Trinajstić information content (AvgIpc) is 3.22. The number of hydrogen-bond donors (Lipinski definition) is 0. The summed E-state index contributed by atoms with van der Waals surface area (Å²) in [4.78, 5) is 8.35. The summed E-state index contributed by atoms with van der Waals surface area (Å²) < 4.78 is 4.49. The zero-order valence-corrected chi connectivity index (χ0v) is 15.1. The Morgan fingerprint density at radius 2 is 1.27 bits per heavy atom. The van der Waals surface area contributed by atoms with Crippen molar-refractivity contribution >= 4 is 21.6 Å². The molecule has 0 bridgehead atoms. The number of aromatic nitrogens is 4. The van der Waals surface area contributed by atoms with Gasteiger partial charge >= 0.3 is 0 Å².